The van der Waals surface area contributed by atoms with Gasteiger partial charge in [-0.05, 0) is 12.5 Å². The van der Waals surface area contributed by atoms with E-state index in [0.717, 1.165) is 12.1 Å². The molecule has 1 aliphatic rings. The molecule has 2 N–H and O–H groups in total. The third-order valence-corrected chi connectivity index (χ3v) is 2.79. The van der Waals surface area contributed by atoms with E-state index in [1.165, 1.54) is 5.56 Å². The molecule has 0 saturated carbocycles. The lowest BCUT2D eigenvalue weighted by atomic mass is 10.1. The highest BCUT2D eigenvalue weighted by Crippen LogP contribution is 2.03. The maximum absolute atomic E-state index is 11.8. The van der Waals surface area contributed by atoms with Crippen molar-refractivity contribution in [3.05, 3.63) is 35.4 Å². The molecule has 2 rings (SSSR count). The smallest absolute Gasteiger partial charge is 0.239 e. The Bertz CT molecular complexity index is 392. The fourth-order valence-electron chi connectivity index (χ4n) is 1.87. The van der Waals surface area contributed by atoms with Gasteiger partial charge in [-0.3, -0.25) is 4.79 Å². The van der Waals surface area contributed by atoms with Crippen LogP contribution < -0.4 is 10.6 Å². The number of aryl methyl sites for hydroxylation is 1. The van der Waals surface area contributed by atoms with Crippen LogP contribution in [-0.4, -0.2) is 31.7 Å². The van der Waals surface area contributed by atoms with Gasteiger partial charge in [-0.2, -0.15) is 0 Å². The third kappa shape index (κ3) is 4.29. The van der Waals surface area contributed by atoms with Gasteiger partial charge < -0.3 is 15.4 Å². The van der Waals surface area contributed by atoms with Gasteiger partial charge in [0.25, 0.3) is 0 Å². The van der Waals surface area contributed by atoms with E-state index in [2.05, 4.69) is 16.7 Å². The summed E-state index contributed by atoms with van der Waals surface area (Å²) in [6.07, 6.45) is 0. The van der Waals surface area contributed by atoms with Gasteiger partial charge in [0.1, 0.15) is 6.04 Å². The predicted molar refractivity (Wildman–Crippen MR) is 72.9 cm³/mol. The van der Waals surface area contributed by atoms with Gasteiger partial charge in [0, 0.05) is 13.1 Å². The summed E-state index contributed by atoms with van der Waals surface area (Å²) in [4.78, 5) is 11.8. The molecule has 1 atom stereocenters. The summed E-state index contributed by atoms with van der Waals surface area (Å²) < 4.78 is 5.25. The van der Waals surface area contributed by atoms with Crippen molar-refractivity contribution in [1.29, 1.82) is 0 Å². The lowest BCUT2D eigenvalue weighted by Gasteiger charge is -2.22. The van der Waals surface area contributed by atoms with Crippen LogP contribution in [0.4, 0.5) is 0 Å². The fourth-order valence-corrected chi connectivity index (χ4v) is 1.87. The molecule has 1 amide bonds. The Morgan fingerprint density at radius 2 is 2.39 bits per heavy atom. The summed E-state index contributed by atoms with van der Waals surface area (Å²) >= 11 is 0. The van der Waals surface area contributed by atoms with Crippen LogP contribution in [0, 0.1) is 6.92 Å². The summed E-state index contributed by atoms with van der Waals surface area (Å²) in [5, 5.41) is 6.04. The molecule has 18 heavy (non-hydrogen) atoms. The van der Waals surface area contributed by atoms with E-state index in [9.17, 15) is 4.79 Å². The van der Waals surface area contributed by atoms with E-state index >= 15 is 0 Å². The summed E-state index contributed by atoms with van der Waals surface area (Å²) in [6, 6.07) is 7.91. The van der Waals surface area contributed by atoms with E-state index in [1.807, 2.05) is 25.1 Å². The zero-order valence-electron chi connectivity index (χ0n) is 10.4. The number of carbonyl (C=O) groups excluding carboxylic acids is 1. The van der Waals surface area contributed by atoms with Crippen LogP contribution >= 0.6 is 12.4 Å². The zero-order chi connectivity index (χ0) is 12.1. The van der Waals surface area contributed by atoms with Gasteiger partial charge in [-0.1, -0.05) is 29.8 Å². The van der Waals surface area contributed by atoms with Crippen LogP contribution in [0.1, 0.15) is 11.1 Å². The molecule has 0 bridgehead atoms. The maximum Gasteiger partial charge on any atom is 0.239 e. The van der Waals surface area contributed by atoms with E-state index in [4.69, 9.17) is 4.74 Å². The van der Waals surface area contributed by atoms with Gasteiger partial charge in [0.2, 0.25) is 5.91 Å². The van der Waals surface area contributed by atoms with E-state index in [-0.39, 0.29) is 24.4 Å². The van der Waals surface area contributed by atoms with Gasteiger partial charge in [0.05, 0.1) is 13.2 Å². The van der Waals surface area contributed by atoms with Gasteiger partial charge in [-0.15, -0.1) is 12.4 Å². The number of rotatable bonds is 3. The molecule has 0 radical (unpaired) electrons. The number of benzene rings is 1. The normalized spacial score (nSPS) is 18.8. The first-order chi connectivity index (χ1) is 8.25. The average Bonchev–Trinajstić information content (AvgIpc) is 2.37. The number of morpholine rings is 1. The van der Waals surface area contributed by atoms with Gasteiger partial charge in [0.15, 0.2) is 0 Å². The van der Waals surface area contributed by atoms with Crippen molar-refractivity contribution in [1.82, 2.24) is 10.6 Å². The molecule has 1 fully saturated rings. The van der Waals surface area contributed by atoms with E-state index in [0.29, 0.717) is 19.8 Å². The number of hydrogen-bond donors (Lipinski definition) is 2. The van der Waals surface area contributed by atoms with E-state index in [1.54, 1.807) is 0 Å². The molecule has 1 unspecified atom stereocenters. The minimum absolute atomic E-state index is 0. The van der Waals surface area contributed by atoms with Crippen LogP contribution in [0.3, 0.4) is 0 Å². The van der Waals surface area contributed by atoms with Crippen LogP contribution in [0.15, 0.2) is 24.3 Å². The molecule has 0 aromatic heterocycles. The Kier molecular flexibility index (Phi) is 6.12. The predicted octanol–water partition coefficient (Wildman–Crippen LogP) is 1.02. The Balaban J connectivity index is 0.00000162. The number of halogens is 1. The van der Waals surface area contributed by atoms with Crippen molar-refractivity contribution in [2.24, 2.45) is 0 Å². The maximum atomic E-state index is 11.8. The molecule has 0 aliphatic carbocycles. The first-order valence-electron chi connectivity index (χ1n) is 5.90. The van der Waals surface area contributed by atoms with Crippen molar-refractivity contribution >= 4 is 18.3 Å². The standard InChI is InChI=1S/C13H18N2O2.ClH/c1-10-3-2-4-11(7-10)8-15-13(16)12-9-17-6-5-14-12;/h2-4,7,12,14H,5-6,8-9H2,1H3,(H,15,16);1H. The van der Waals surface area contributed by atoms with E-state index < -0.39 is 0 Å². The molecule has 4 nitrogen and oxygen atoms in total. The van der Waals surface area contributed by atoms with Crippen molar-refractivity contribution < 1.29 is 9.53 Å². The second-order valence-corrected chi connectivity index (χ2v) is 4.29. The first-order valence-corrected chi connectivity index (χ1v) is 5.90. The van der Waals surface area contributed by atoms with Crippen molar-refractivity contribution in [3.63, 3.8) is 0 Å². The van der Waals surface area contributed by atoms with Crippen LogP contribution in [-0.2, 0) is 16.1 Å². The highest BCUT2D eigenvalue weighted by molar-refractivity contribution is 5.85. The minimum atomic E-state index is -0.214. The average molecular weight is 271 g/mol. The van der Waals surface area contributed by atoms with Gasteiger partial charge >= 0.3 is 0 Å². The van der Waals surface area contributed by atoms with Crippen molar-refractivity contribution in [3.8, 4) is 0 Å². The number of ether oxygens (including phenoxy) is 1. The molecule has 1 aliphatic heterocycles. The molecule has 1 aromatic carbocycles. The summed E-state index contributed by atoms with van der Waals surface area (Å²) in [7, 11) is 0. The number of nitrogens with one attached hydrogen (secondary N) is 2. The second kappa shape index (κ2) is 7.36. The Labute approximate surface area is 114 Å². The Hall–Kier alpha value is -1.10. The molecule has 1 aromatic rings. The lowest BCUT2D eigenvalue weighted by Crippen LogP contribution is -2.51. The highest BCUT2D eigenvalue weighted by atomic mass is 35.5. The monoisotopic (exact) mass is 270 g/mol. The molecule has 1 heterocycles. The van der Waals surface area contributed by atoms with Gasteiger partial charge in [-0.25, -0.2) is 0 Å². The zero-order valence-corrected chi connectivity index (χ0v) is 11.3. The number of hydrogen-bond acceptors (Lipinski definition) is 3. The lowest BCUT2D eigenvalue weighted by molar-refractivity contribution is -0.126. The van der Waals surface area contributed by atoms with Crippen LogP contribution in [0.2, 0.25) is 0 Å². The second-order valence-electron chi connectivity index (χ2n) is 4.29. The topological polar surface area (TPSA) is 50.4 Å². The summed E-state index contributed by atoms with van der Waals surface area (Å²) in [5.74, 6) is 0.00575. The molecular formula is C13H19ClN2O2. The molecule has 100 valence electrons. The van der Waals surface area contributed by atoms with Crippen molar-refractivity contribution in [2.45, 2.75) is 19.5 Å². The molecule has 5 heteroatoms. The minimum Gasteiger partial charge on any atom is -0.378 e. The summed E-state index contributed by atoms with van der Waals surface area (Å²) in [6.45, 7) is 4.49. The van der Waals surface area contributed by atoms with Crippen molar-refractivity contribution in [2.75, 3.05) is 19.8 Å². The third-order valence-electron chi connectivity index (χ3n) is 2.79. The molecular weight excluding hydrogens is 252 g/mol. The molecule has 1 saturated heterocycles. The van der Waals surface area contributed by atoms with Crippen LogP contribution in [0.25, 0.3) is 0 Å². The summed E-state index contributed by atoms with van der Waals surface area (Å²) in [5.41, 5.74) is 2.32. The largest absolute Gasteiger partial charge is 0.378 e. The van der Waals surface area contributed by atoms with Crippen LogP contribution in [0.5, 0.6) is 0 Å². The quantitative estimate of drug-likeness (QED) is 0.862. The Morgan fingerprint density at radius 3 is 3.06 bits per heavy atom. The Morgan fingerprint density at radius 1 is 1.56 bits per heavy atom. The SMILES string of the molecule is Cc1cccc(CNC(=O)C2COCCN2)c1.Cl. The highest BCUT2D eigenvalue weighted by Gasteiger charge is 2.20. The number of carbonyl (C=O) groups is 1. The fraction of sp³-hybridized carbons (Fsp3) is 0.462. The first kappa shape index (κ1) is 15.0. The number of amides is 1. The molecule has 0 spiro atoms.